The van der Waals surface area contributed by atoms with Crippen molar-refractivity contribution in [2.45, 2.75) is 20.0 Å². The molecule has 1 N–H and O–H groups in total. The molecular weight excluding hydrogens is 414 g/mol. The van der Waals surface area contributed by atoms with Crippen LogP contribution in [0.4, 0.5) is 0 Å². The lowest BCUT2D eigenvalue weighted by Gasteiger charge is -2.12. The first-order valence-electron chi connectivity index (χ1n) is 8.08. The molecule has 138 valence electrons. The Labute approximate surface area is 163 Å². The number of hydrogen-bond donors (Lipinski definition) is 1. The number of aromatic nitrogens is 2. The number of aliphatic carboxylic acids is 1. The number of carbonyl (C=O) groups is 1. The van der Waals surface area contributed by atoms with Crippen LogP contribution in [0.3, 0.4) is 0 Å². The highest BCUT2D eigenvalue weighted by Gasteiger charge is 2.14. The zero-order chi connectivity index (χ0) is 19.6. The van der Waals surface area contributed by atoms with Crippen molar-refractivity contribution in [2.24, 2.45) is 5.10 Å². The Kier molecular flexibility index (Phi) is 5.36. The van der Waals surface area contributed by atoms with E-state index < -0.39 is 12.1 Å². The van der Waals surface area contributed by atoms with Gasteiger partial charge in [0.05, 0.1) is 17.1 Å². The SMILES string of the molecule is Cc1nc2ccc(Br)cc2c(=O)n1N=Cc1ccccc1O[C@H](C)C(=O)O. The molecule has 3 aromatic rings. The number of fused-ring (bicyclic) bond motifs is 1. The van der Waals surface area contributed by atoms with Crippen LogP contribution in [0.1, 0.15) is 18.3 Å². The first-order valence-corrected chi connectivity index (χ1v) is 8.88. The molecule has 3 rings (SSSR count). The van der Waals surface area contributed by atoms with E-state index in [1.165, 1.54) is 17.8 Å². The van der Waals surface area contributed by atoms with Crippen molar-refractivity contribution in [2.75, 3.05) is 0 Å². The van der Waals surface area contributed by atoms with Crippen molar-refractivity contribution in [1.82, 2.24) is 9.66 Å². The molecule has 0 saturated heterocycles. The van der Waals surface area contributed by atoms with Crippen molar-refractivity contribution in [3.63, 3.8) is 0 Å². The molecule has 1 atom stereocenters. The Balaban J connectivity index is 2.02. The molecule has 0 spiro atoms. The van der Waals surface area contributed by atoms with Gasteiger partial charge >= 0.3 is 5.97 Å². The lowest BCUT2D eigenvalue weighted by molar-refractivity contribution is -0.144. The van der Waals surface area contributed by atoms with Gasteiger partial charge in [0.1, 0.15) is 11.6 Å². The summed E-state index contributed by atoms with van der Waals surface area (Å²) in [5.41, 5.74) is 0.838. The van der Waals surface area contributed by atoms with Crippen LogP contribution in [0.2, 0.25) is 0 Å². The number of benzene rings is 2. The molecule has 0 aliphatic rings. The van der Waals surface area contributed by atoms with E-state index in [0.29, 0.717) is 28.0 Å². The average molecular weight is 430 g/mol. The highest BCUT2D eigenvalue weighted by molar-refractivity contribution is 9.10. The monoisotopic (exact) mass is 429 g/mol. The molecule has 27 heavy (non-hydrogen) atoms. The van der Waals surface area contributed by atoms with Crippen LogP contribution < -0.4 is 10.3 Å². The molecule has 7 nitrogen and oxygen atoms in total. The van der Waals surface area contributed by atoms with Crippen LogP contribution in [0.5, 0.6) is 5.75 Å². The molecule has 0 unspecified atom stereocenters. The van der Waals surface area contributed by atoms with Crippen LogP contribution in [-0.4, -0.2) is 33.1 Å². The first kappa shape index (κ1) is 18.8. The maximum Gasteiger partial charge on any atom is 0.344 e. The number of nitrogens with zero attached hydrogens (tertiary/aromatic N) is 3. The molecule has 0 amide bonds. The van der Waals surface area contributed by atoms with Crippen LogP contribution in [0.15, 0.2) is 56.8 Å². The minimum absolute atomic E-state index is 0.299. The van der Waals surface area contributed by atoms with Gasteiger partial charge in [-0.1, -0.05) is 28.1 Å². The number of carboxylic acid groups (broad SMARTS) is 1. The molecule has 0 fully saturated rings. The zero-order valence-corrected chi connectivity index (χ0v) is 16.2. The summed E-state index contributed by atoms with van der Waals surface area (Å²) in [6.45, 7) is 3.13. The van der Waals surface area contributed by atoms with Gasteiger partial charge in [-0.25, -0.2) is 9.78 Å². The van der Waals surface area contributed by atoms with Crippen molar-refractivity contribution in [3.8, 4) is 5.75 Å². The third kappa shape index (κ3) is 4.06. The van der Waals surface area contributed by atoms with E-state index in [4.69, 9.17) is 9.84 Å². The largest absolute Gasteiger partial charge is 0.479 e. The molecule has 2 aromatic carbocycles. The van der Waals surface area contributed by atoms with Gasteiger partial charge < -0.3 is 9.84 Å². The Bertz CT molecular complexity index is 1110. The third-order valence-electron chi connectivity index (χ3n) is 3.85. The van der Waals surface area contributed by atoms with E-state index in [2.05, 4.69) is 26.0 Å². The van der Waals surface area contributed by atoms with Gasteiger partial charge in [0.15, 0.2) is 6.10 Å². The van der Waals surface area contributed by atoms with Crippen LogP contribution in [-0.2, 0) is 4.79 Å². The Morgan fingerprint density at radius 1 is 1.33 bits per heavy atom. The molecule has 1 aromatic heterocycles. The van der Waals surface area contributed by atoms with E-state index in [0.717, 1.165) is 4.47 Å². The van der Waals surface area contributed by atoms with Gasteiger partial charge in [-0.3, -0.25) is 4.79 Å². The van der Waals surface area contributed by atoms with E-state index >= 15 is 0 Å². The number of para-hydroxylation sites is 1. The molecule has 8 heteroatoms. The average Bonchev–Trinajstić information content (AvgIpc) is 2.63. The number of hydrogen-bond acceptors (Lipinski definition) is 5. The minimum Gasteiger partial charge on any atom is -0.479 e. The molecule has 0 saturated carbocycles. The topological polar surface area (TPSA) is 93.8 Å². The molecule has 0 aliphatic heterocycles. The summed E-state index contributed by atoms with van der Waals surface area (Å²) in [4.78, 5) is 28.2. The van der Waals surface area contributed by atoms with Crippen LogP contribution in [0.25, 0.3) is 10.9 Å². The normalized spacial score (nSPS) is 12.4. The molecule has 0 radical (unpaired) electrons. The van der Waals surface area contributed by atoms with Crippen molar-refractivity contribution in [1.29, 1.82) is 0 Å². The van der Waals surface area contributed by atoms with Gasteiger partial charge in [0.25, 0.3) is 5.56 Å². The van der Waals surface area contributed by atoms with Crippen molar-refractivity contribution >= 4 is 39.0 Å². The zero-order valence-electron chi connectivity index (χ0n) is 14.6. The van der Waals surface area contributed by atoms with Gasteiger partial charge in [-0.15, -0.1) is 0 Å². The third-order valence-corrected chi connectivity index (χ3v) is 4.35. The first-order chi connectivity index (χ1) is 12.9. The minimum atomic E-state index is -1.07. The number of carboxylic acids is 1. The maximum atomic E-state index is 12.8. The number of ether oxygens (including phenoxy) is 1. The summed E-state index contributed by atoms with van der Waals surface area (Å²) < 4.78 is 7.42. The Morgan fingerprint density at radius 2 is 2.07 bits per heavy atom. The fourth-order valence-electron chi connectivity index (χ4n) is 2.45. The van der Waals surface area contributed by atoms with Crippen LogP contribution >= 0.6 is 15.9 Å². The fraction of sp³-hybridized carbons (Fsp3) is 0.158. The number of aryl methyl sites for hydroxylation is 1. The summed E-state index contributed by atoms with van der Waals surface area (Å²) in [5.74, 6) is -0.278. The van der Waals surface area contributed by atoms with Gasteiger partial charge in [0.2, 0.25) is 0 Å². The molecule has 0 aliphatic carbocycles. The lowest BCUT2D eigenvalue weighted by Crippen LogP contribution is -2.23. The van der Waals surface area contributed by atoms with E-state index in [9.17, 15) is 9.59 Å². The Hall–Kier alpha value is -3.00. The lowest BCUT2D eigenvalue weighted by atomic mass is 10.2. The second-order valence-corrected chi connectivity index (χ2v) is 6.73. The smallest absolute Gasteiger partial charge is 0.344 e. The highest BCUT2D eigenvalue weighted by Crippen LogP contribution is 2.18. The number of rotatable bonds is 5. The van der Waals surface area contributed by atoms with Gasteiger partial charge in [-0.2, -0.15) is 9.78 Å². The van der Waals surface area contributed by atoms with Crippen molar-refractivity contribution in [3.05, 3.63) is 68.7 Å². The summed E-state index contributed by atoms with van der Waals surface area (Å²) in [5, 5.41) is 13.7. The van der Waals surface area contributed by atoms with Crippen molar-refractivity contribution < 1.29 is 14.6 Å². The number of halogens is 1. The molecular formula is C19H16BrN3O4. The quantitative estimate of drug-likeness (QED) is 0.628. The van der Waals surface area contributed by atoms with Gasteiger partial charge in [0, 0.05) is 10.0 Å². The summed E-state index contributed by atoms with van der Waals surface area (Å²) in [7, 11) is 0. The predicted octanol–water partition coefficient (Wildman–Crippen LogP) is 3.20. The van der Waals surface area contributed by atoms with E-state index in [1.54, 1.807) is 43.3 Å². The Morgan fingerprint density at radius 3 is 2.81 bits per heavy atom. The fourth-order valence-corrected chi connectivity index (χ4v) is 2.81. The second-order valence-electron chi connectivity index (χ2n) is 5.82. The van der Waals surface area contributed by atoms with Gasteiger partial charge in [-0.05, 0) is 44.2 Å². The standard InChI is InChI=1S/C19H16BrN3O4/c1-11(19(25)26)27-17-6-4-3-5-13(17)10-21-23-12(2)22-16-8-7-14(20)9-15(16)18(23)24/h3-11H,1-2H3,(H,25,26)/t11-/m1/s1. The molecule has 1 heterocycles. The maximum absolute atomic E-state index is 12.8. The molecule has 0 bridgehead atoms. The second kappa shape index (κ2) is 7.71. The van der Waals surface area contributed by atoms with E-state index in [1.807, 2.05) is 6.07 Å². The summed E-state index contributed by atoms with van der Waals surface area (Å²) in [6.07, 6.45) is 0.438. The summed E-state index contributed by atoms with van der Waals surface area (Å²) in [6, 6.07) is 12.1. The predicted molar refractivity (Wildman–Crippen MR) is 106 cm³/mol. The van der Waals surface area contributed by atoms with Crippen LogP contribution in [0, 0.1) is 6.92 Å². The summed E-state index contributed by atoms with van der Waals surface area (Å²) >= 11 is 3.35. The van der Waals surface area contributed by atoms with E-state index in [-0.39, 0.29) is 5.56 Å². The highest BCUT2D eigenvalue weighted by atomic mass is 79.9.